The Morgan fingerprint density at radius 1 is 1.31 bits per heavy atom. The van der Waals surface area contributed by atoms with Gasteiger partial charge in [-0.25, -0.2) is 9.97 Å². The van der Waals surface area contributed by atoms with Crippen molar-refractivity contribution in [1.82, 2.24) is 19.7 Å². The fourth-order valence-electron chi connectivity index (χ4n) is 1.30. The largest absolute Gasteiger partial charge is 0.396 e. The molecule has 0 aliphatic heterocycles. The molecule has 0 spiro atoms. The van der Waals surface area contributed by atoms with Crippen LogP contribution in [-0.2, 0) is 6.54 Å². The first-order valence-corrected chi connectivity index (χ1v) is 5.13. The topological polar surface area (TPSA) is 81.6 Å². The Hall–Kier alpha value is -2.11. The van der Waals surface area contributed by atoms with E-state index in [-0.39, 0.29) is 0 Å². The van der Waals surface area contributed by atoms with Crippen LogP contribution in [-0.4, -0.2) is 26.3 Å². The van der Waals surface area contributed by atoms with E-state index in [0.717, 1.165) is 19.5 Å². The highest BCUT2D eigenvalue weighted by Crippen LogP contribution is 2.00. The first-order valence-electron chi connectivity index (χ1n) is 5.13. The SMILES string of the molecule is Nc1cnc(NCCCn2cccn2)nc1. The maximum Gasteiger partial charge on any atom is 0.222 e. The zero-order valence-electron chi connectivity index (χ0n) is 8.87. The van der Waals surface area contributed by atoms with E-state index in [1.165, 1.54) is 0 Å². The van der Waals surface area contributed by atoms with Crippen LogP contribution in [0.4, 0.5) is 11.6 Å². The van der Waals surface area contributed by atoms with Crippen LogP contribution >= 0.6 is 0 Å². The molecular formula is C10H14N6. The third-order valence-electron chi connectivity index (χ3n) is 2.08. The highest BCUT2D eigenvalue weighted by atomic mass is 15.3. The highest BCUT2D eigenvalue weighted by molar-refractivity contribution is 5.35. The molecule has 0 unspecified atom stereocenters. The molecule has 0 atom stereocenters. The Labute approximate surface area is 93.5 Å². The summed E-state index contributed by atoms with van der Waals surface area (Å²) in [4.78, 5) is 8.09. The van der Waals surface area contributed by atoms with E-state index in [0.29, 0.717) is 11.6 Å². The Morgan fingerprint density at radius 2 is 2.12 bits per heavy atom. The molecule has 2 rings (SSSR count). The maximum absolute atomic E-state index is 5.48. The molecule has 0 aliphatic rings. The minimum atomic E-state index is 0.571. The quantitative estimate of drug-likeness (QED) is 0.724. The van der Waals surface area contributed by atoms with Gasteiger partial charge in [-0.1, -0.05) is 0 Å². The van der Waals surface area contributed by atoms with Crippen molar-refractivity contribution in [3.8, 4) is 0 Å². The van der Waals surface area contributed by atoms with E-state index >= 15 is 0 Å². The van der Waals surface area contributed by atoms with Gasteiger partial charge in [-0.05, 0) is 12.5 Å². The molecule has 84 valence electrons. The molecule has 6 heteroatoms. The van der Waals surface area contributed by atoms with Gasteiger partial charge in [0.05, 0.1) is 18.1 Å². The summed E-state index contributed by atoms with van der Waals surface area (Å²) >= 11 is 0. The standard InChI is InChI=1S/C10H14N6/c11-9-7-13-10(14-8-9)12-3-1-5-16-6-2-4-15-16/h2,4,6-8H,1,3,5,11H2,(H,12,13,14). The average Bonchev–Trinajstić information content (AvgIpc) is 2.80. The Bertz CT molecular complexity index is 407. The summed E-state index contributed by atoms with van der Waals surface area (Å²) in [6, 6.07) is 1.91. The van der Waals surface area contributed by atoms with Gasteiger partial charge in [0.15, 0.2) is 0 Å². The molecule has 2 heterocycles. The van der Waals surface area contributed by atoms with Crippen LogP contribution < -0.4 is 11.1 Å². The summed E-state index contributed by atoms with van der Waals surface area (Å²) in [6.07, 6.45) is 7.86. The van der Waals surface area contributed by atoms with E-state index < -0.39 is 0 Å². The van der Waals surface area contributed by atoms with Gasteiger partial charge in [0.2, 0.25) is 5.95 Å². The van der Waals surface area contributed by atoms with Crippen molar-refractivity contribution in [2.45, 2.75) is 13.0 Å². The molecule has 6 nitrogen and oxygen atoms in total. The Morgan fingerprint density at radius 3 is 2.81 bits per heavy atom. The molecule has 0 bridgehead atoms. The number of nitrogen functional groups attached to an aromatic ring is 1. The fraction of sp³-hybridized carbons (Fsp3) is 0.300. The minimum absolute atomic E-state index is 0.571. The summed E-state index contributed by atoms with van der Waals surface area (Å²) < 4.78 is 1.89. The lowest BCUT2D eigenvalue weighted by molar-refractivity contribution is 0.591. The predicted molar refractivity (Wildman–Crippen MR) is 61.8 cm³/mol. The zero-order chi connectivity index (χ0) is 11.2. The molecule has 3 N–H and O–H groups in total. The van der Waals surface area contributed by atoms with E-state index in [1.807, 2.05) is 16.9 Å². The zero-order valence-corrected chi connectivity index (χ0v) is 8.87. The van der Waals surface area contributed by atoms with Crippen LogP contribution in [0.1, 0.15) is 6.42 Å². The minimum Gasteiger partial charge on any atom is -0.396 e. The smallest absolute Gasteiger partial charge is 0.222 e. The van der Waals surface area contributed by atoms with Crippen LogP contribution in [0.15, 0.2) is 30.9 Å². The van der Waals surface area contributed by atoms with Crippen molar-refractivity contribution in [3.63, 3.8) is 0 Å². The summed E-state index contributed by atoms with van der Waals surface area (Å²) in [7, 11) is 0. The van der Waals surface area contributed by atoms with E-state index in [9.17, 15) is 0 Å². The van der Waals surface area contributed by atoms with Crippen LogP contribution in [0.2, 0.25) is 0 Å². The van der Waals surface area contributed by atoms with Crippen molar-refractivity contribution in [3.05, 3.63) is 30.9 Å². The van der Waals surface area contributed by atoms with Gasteiger partial charge in [-0.3, -0.25) is 4.68 Å². The van der Waals surface area contributed by atoms with Gasteiger partial charge < -0.3 is 11.1 Å². The predicted octanol–water partition coefficient (Wildman–Crippen LogP) is 0.757. The van der Waals surface area contributed by atoms with Crippen molar-refractivity contribution >= 4 is 11.6 Å². The molecule has 0 saturated heterocycles. The van der Waals surface area contributed by atoms with Gasteiger partial charge in [-0.15, -0.1) is 0 Å². The third kappa shape index (κ3) is 2.94. The fourth-order valence-corrected chi connectivity index (χ4v) is 1.30. The molecular weight excluding hydrogens is 204 g/mol. The Kier molecular flexibility index (Phi) is 3.32. The second-order valence-corrected chi connectivity index (χ2v) is 3.39. The van der Waals surface area contributed by atoms with Crippen LogP contribution in [0.25, 0.3) is 0 Å². The van der Waals surface area contributed by atoms with Crippen LogP contribution in [0, 0.1) is 0 Å². The summed E-state index contributed by atoms with van der Waals surface area (Å²) in [5.74, 6) is 0.606. The Balaban J connectivity index is 1.70. The number of aromatic nitrogens is 4. The number of hydrogen-bond donors (Lipinski definition) is 2. The second kappa shape index (κ2) is 5.11. The van der Waals surface area contributed by atoms with Crippen molar-refractivity contribution in [2.75, 3.05) is 17.6 Å². The average molecular weight is 218 g/mol. The first-order chi connectivity index (χ1) is 7.84. The molecule has 16 heavy (non-hydrogen) atoms. The summed E-state index contributed by atoms with van der Waals surface area (Å²) in [6.45, 7) is 1.69. The molecule has 0 fully saturated rings. The van der Waals surface area contributed by atoms with Crippen molar-refractivity contribution in [2.24, 2.45) is 0 Å². The van der Waals surface area contributed by atoms with Gasteiger partial charge in [0, 0.05) is 25.5 Å². The number of nitrogens with two attached hydrogens (primary N) is 1. The van der Waals surface area contributed by atoms with Gasteiger partial charge in [0.25, 0.3) is 0 Å². The second-order valence-electron chi connectivity index (χ2n) is 3.39. The highest BCUT2D eigenvalue weighted by Gasteiger charge is 1.95. The third-order valence-corrected chi connectivity index (χ3v) is 2.08. The maximum atomic E-state index is 5.48. The molecule has 0 aliphatic carbocycles. The lowest BCUT2D eigenvalue weighted by atomic mass is 10.4. The van der Waals surface area contributed by atoms with Gasteiger partial charge in [-0.2, -0.15) is 5.10 Å². The van der Waals surface area contributed by atoms with Gasteiger partial charge >= 0.3 is 0 Å². The molecule has 0 saturated carbocycles. The van der Waals surface area contributed by atoms with E-state index in [4.69, 9.17) is 5.73 Å². The molecule has 2 aromatic heterocycles. The first kappa shape index (κ1) is 10.4. The number of aryl methyl sites for hydroxylation is 1. The molecule has 2 aromatic rings. The molecule has 0 radical (unpaired) electrons. The summed E-state index contributed by atoms with van der Waals surface area (Å²) in [5.41, 5.74) is 6.05. The lowest BCUT2D eigenvalue weighted by Gasteiger charge is -2.04. The van der Waals surface area contributed by atoms with Crippen LogP contribution in [0.3, 0.4) is 0 Å². The van der Waals surface area contributed by atoms with E-state index in [1.54, 1.807) is 18.6 Å². The number of anilines is 2. The lowest BCUT2D eigenvalue weighted by Crippen LogP contribution is -2.09. The molecule has 0 aromatic carbocycles. The van der Waals surface area contributed by atoms with Crippen molar-refractivity contribution < 1.29 is 0 Å². The number of nitrogens with one attached hydrogen (secondary N) is 1. The monoisotopic (exact) mass is 218 g/mol. The van der Waals surface area contributed by atoms with E-state index in [2.05, 4.69) is 20.4 Å². The number of rotatable bonds is 5. The molecule has 0 amide bonds. The summed E-state index contributed by atoms with van der Waals surface area (Å²) in [5, 5.41) is 7.23. The normalized spacial score (nSPS) is 10.2. The van der Waals surface area contributed by atoms with Crippen LogP contribution in [0.5, 0.6) is 0 Å². The number of nitrogens with zero attached hydrogens (tertiary/aromatic N) is 4. The van der Waals surface area contributed by atoms with Gasteiger partial charge in [0.1, 0.15) is 0 Å². The number of hydrogen-bond acceptors (Lipinski definition) is 5. The van der Waals surface area contributed by atoms with Crippen molar-refractivity contribution in [1.29, 1.82) is 0 Å².